The SMILES string of the molecule is CCC(C)(C)c1ccc(C(N)c2cc(Cl)sc2Cl)cc1. The van der Waals surface area contributed by atoms with Gasteiger partial charge in [0.15, 0.2) is 0 Å². The van der Waals surface area contributed by atoms with E-state index in [1.807, 2.05) is 6.07 Å². The summed E-state index contributed by atoms with van der Waals surface area (Å²) in [6.45, 7) is 6.70. The molecule has 1 aromatic carbocycles. The van der Waals surface area contributed by atoms with Gasteiger partial charge in [-0.15, -0.1) is 11.3 Å². The molecule has 4 heteroatoms. The smallest absolute Gasteiger partial charge is 0.0995 e. The van der Waals surface area contributed by atoms with Crippen molar-refractivity contribution in [3.05, 3.63) is 55.7 Å². The molecule has 0 aliphatic rings. The van der Waals surface area contributed by atoms with Gasteiger partial charge in [0.25, 0.3) is 0 Å². The van der Waals surface area contributed by atoms with Gasteiger partial charge in [-0.3, -0.25) is 0 Å². The van der Waals surface area contributed by atoms with Crippen LogP contribution >= 0.6 is 34.5 Å². The summed E-state index contributed by atoms with van der Waals surface area (Å²) >= 11 is 13.5. The van der Waals surface area contributed by atoms with Crippen LogP contribution in [0.1, 0.15) is 49.9 Å². The van der Waals surface area contributed by atoms with Crippen LogP contribution < -0.4 is 5.73 Å². The average molecular weight is 328 g/mol. The first-order valence-electron chi connectivity index (χ1n) is 6.66. The van der Waals surface area contributed by atoms with Crippen LogP contribution in [0.3, 0.4) is 0 Å². The second-order valence-electron chi connectivity index (χ2n) is 5.62. The highest BCUT2D eigenvalue weighted by Gasteiger charge is 2.19. The molecule has 0 bridgehead atoms. The number of benzene rings is 1. The average Bonchev–Trinajstić information content (AvgIpc) is 2.77. The largest absolute Gasteiger partial charge is 0.320 e. The molecule has 0 radical (unpaired) electrons. The highest BCUT2D eigenvalue weighted by atomic mass is 35.5. The molecular weight excluding hydrogens is 309 g/mol. The number of nitrogens with two attached hydrogens (primary N) is 1. The minimum Gasteiger partial charge on any atom is -0.320 e. The molecule has 2 N–H and O–H groups in total. The third-order valence-electron chi connectivity index (χ3n) is 3.95. The number of hydrogen-bond donors (Lipinski definition) is 1. The second kappa shape index (κ2) is 6.07. The Morgan fingerprint density at radius 1 is 1.20 bits per heavy atom. The zero-order valence-corrected chi connectivity index (χ0v) is 14.2. The van der Waals surface area contributed by atoms with E-state index in [0.717, 1.165) is 17.5 Å². The van der Waals surface area contributed by atoms with E-state index >= 15 is 0 Å². The lowest BCUT2D eigenvalue weighted by Crippen LogP contribution is -2.16. The van der Waals surface area contributed by atoms with Crippen LogP contribution in [-0.2, 0) is 5.41 Å². The van der Waals surface area contributed by atoms with E-state index in [0.29, 0.717) is 8.67 Å². The molecule has 1 heterocycles. The topological polar surface area (TPSA) is 26.0 Å². The molecule has 1 aromatic heterocycles. The maximum atomic E-state index is 6.29. The Morgan fingerprint density at radius 2 is 1.80 bits per heavy atom. The number of thiophene rings is 1. The highest BCUT2D eigenvalue weighted by Crippen LogP contribution is 2.37. The third-order valence-corrected chi connectivity index (χ3v) is 5.47. The Hall–Kier alpha value is -0.540. The Morgan fingerprint density at radius 3 is 2.25 bits per heavy atom. The van der Waals surface area contributed by atoms with Crippen molar-refractivity contribution >= 4 is 34.5 Å². The minimum atomic E-state index is -0.231. The van der Waals surface area contributed by atoms with Gasteiger partial charge in [-0.25, -0.2) is 0 Å². The molecule has 0 fully saturated rings. The lowest BCUT2D eigenvalue weighted by Gasteiger charge is -2.24. The fourth-order valence-corrected chi connectivity index (χ4v) is 3.64. The molecule has 0 aliphatic heterocycles. The zero-order valence-electron chi connectivity index (χ0n) is 11.9. The summed E-state index contributed by atoms with van der Waals surface area (Å²) in [5, 5.41) is 0. The van der Waals surface area contributed by atoms with Gasteiger partial charge in [-0.1, -0.05) is 68.2 Å². The minimum absolute atomic E-state index is 0.186. The van der Waals surface area contributed by atoms with Gasteiger partial charge in [-0.2, -0.15) is 0 Å². The summed E-state index contributed by atoms with van der Waals surface area (Å²) in [6.07, 6.45) is 1.10. The lowest BCUT2D eigenvalue weighted by molar-refractivity contribution is 0.506. The van der Waals surface area contributed by atoms with Crippen molar-refractivity contribution in [2.75, 3.05) is 0 Å². The Labute approximate surface area is 134 Å². The summed E-state index contributed by atoms with van der Waals surface area (Å²) in [6, 6.07) is 10.1. The first-order valence-corrected chi connectivity index (χ1v) is 8.23. The van der Waals surface area contributed by atoms with Gasteiger partial charge in [0.2, 0.25) is 0 Å². The maximum Gasteiger partial charge on any atom is 0.0995 e. The van der Waals surface area contributed by atoms with E-state index in [9.17, 15) is 0 Å². The van der Waals surface area contributed by atoms with Crippen LogP contribution in [0.4, 0.5) is 0 Å². The monoisotopic (exact) mass is 327 g/mol. The van der Waals surface area contributed by atoms with Crippen LogP contribution in [0, 0.1) is 0 Å². The maximum absolute atomic E-state index is 6.29. The molecule has 0 aliphatic carbocycles. The number of halogens is 2. The molecular formula is C16H19Cl2NS. The summed E-state index contributed by atoms with van der Waals surface area (Å²) in [5.41, 5.74) is 9.74. The Balaban J connectivity index is 2.28. The molecule has 0 amide bonds. The normalized spacial score (nSPS) is 13.5. The summed E-state index contributed by atoms with van der Waals surface area (Å²) < 4.78 is 1.34. The van der Waals surface area contributed by atoms with Gasteiger partial charge < -0.3 is 5.73 Å². The van der Waals surface area contributed by atoms with Crippen LogP contribution in [0.25, 0.3) is 0 Å². The lowest BCUT2D eigenvalue weighted by atomic mass is 9.81. The molecule has 1 unspecified atom stereocenters. The molecule has 0 saturated heterocycles. The molecule has 1 atom stereocenters. The van der Waals surface area contributed by atoms with Crippen LogP contribution in [-0.4, -0.2) is 0 Å². The Kier molecular flexibility index (Phi) is 4.80. The predicted octanol–water partition coefficient (Wildman–Crippen LogP) is 5.79. The fraction of sp³-hybridized carbons (Fsp3) is 0.375. The van der Waals surface area contributed by atoms with Gasteiger partial charge in [0.05, 0.1) is 14.7 Å². The van der Waals surface area contributed by atoms with Gasteiger partial charge in [0.1, 0.15) is 0 Å². The molecule has 2 aromatic rings. The van der Waals surface area contributed by atoms with E-state index in [4.69, 9.17) is 28.9 Å². The standard InChI is InChI=1S/C16H19Cl2NS/c1-4-16(2,3)11-7-5-10(6-8-11)14(19)12-9-13(17)20-15(12)18/h5-9,14H,4,19H2,1-3H3. The van der Waals surface area contributed by atoms with Gasteiger partial charge >= 0.3 is 0 Å². The van der Waals surface area contributed by atoms with Crippen molar-refractivity contribution in [3.8, 4) is 0 Å². The molecule has 0 spiro atoms. The first kappa shape index (κ1) is 15.8. The van der Waals surface area contributed by atoms with Gasteiger partial charge in [0, 0.05) is 5.56 Å². The summed E-state index contributed by atoms with van der Waals surface area (Å²) in [7, 11) is 0. The van der Waals surface area contributed by atoms with Gasteiger partial charge in [-0.05, 0) is 29.0 Å². The summed E-state index contributed by atoms with van der Waals surface area (Å²) in [5.74, 6) is 0. The van der Waals surface area contributed by atoms with Crippen molar-refractivity contribution in [1.82, 2.24) is 0 Å². The van der Waals surface area contributed by atoms with E-state index in [-0.39, 0.29) is 11.5 Å². The van der Waals surface area contributed by atoms with E-state index in [1.165, 1.54) is 16.9 Å². The van der Waals surface area contributed by atoms with E-state index in [2.05, 4.69) is 45.0 Å². The molecule has 20 heavy (non-hydrogen) atoms. The predicted molar refractivity (Wildman–Crippen MR) is 90.1 cm³/mol. The van der Waals surface area contributed by atoms with Crippen molar-refractivity contribution in [1.29, 1.82) is 0 Å². The van der Waals surface area contributed by atoms with Crippen LogP contribution in [0.5, 0.6) is 0 Å². The second-order valence-corrected chi connectivity index (χ2v) is 7.90. The molecule has 1 nitrogen and oxygen atoms in total. The highest BCUT2D eigenvalue weighted by molar-refractivity contribution is 7.20. The Bertz CT molecular complexity index is 587. The number of hydrogen-bond acceptors (Lipinski definition) is 2. The first-order chi connectivity index (χ1) is 9.35. The van der Waals surface area contributed by atoms with Crippen molar-refractivity contribution in [3.63, 3.8) is 0 Å². The summed E-state index contributed by atoms with van der Waals surface area (Å²) in [4.78, 5) is 0. The van der Waals surface area contributed by atoms with E-state index in [1.54, 1.807) is 0 Å². The zero-order chi connectivity index (χ0) is 14.9. The van der Waals surface area contributed by atoms with Crippen molar-refractivity contribution in [2.45, 2.75) is 38.6 Å². The quantitative estimate of drug-likeness (QED) is 0.755. The van der Waals surface area contributed by atoms with Crippen LogP contribution in [0.15, 0.2) is 30.3 Å². The van der Waals surface area contributed by atoms with E-state index < -0.39 is 0 Å². The molecule has 0 saturated carbocycles. The van der Waals surface area contributed by atoms with Crippen molar-refractivity contribution < 1.29 is 0 Å². The third kappa shape index (κ3) is 3.20. The molecule has 2 rings (SSSR count). The van der Waals surface area contributed by atoms with Crippen molar-refractivity contribution in [2.24, 2.45) is 5.73 Å². The van der Waals surface area contributed by atoms with Crippen LogP contribution in [0.2, 0.25) is 8.67 Å². The molecule has 108 valence electrons. The fourth-order valence-electron chi connectivity index (χ4n) is 2.09. The number of rotatable bonds is 4.